The number of benzene rings is 2. The van der Waals surface area contributed by atoms with E-state index in [0.717, 1.165) is 11.1 Å². The van der Waals surface area contributed by atoms with E-state index >= 15 is 0 Å². The van der Waals surface area contributed by atoms with Crippen LogP contribution in [0, 0.1) is 6.92 Å². The van der Waals surface area contributed by atoms with Crippen LogP contribution >= 0.6 is 11.6 Å². The number of nitrogens with zero attached hydrogens (tertiary/aromatic N) is 2. The highest BCUT2D eigenvalue weighted by atomic mass is 35.5. The highest BCUT2D eigenvalue weighted by Crippen LogP contribution is 2.43. The van der Waals surface area contributed by atoms with E-state index in [1.165, 1.54) is 22.2 Å². The Balaban J connectivity index is 2.01. The van der Waals surface area contributed by atoms with Crippen molar-refractivity contribution in [1.82, 2.24) is 9.47 Å². The number of hydrogen-bond donors (Lipinski definition) is 0. The Hall–Kier alpha value is -2.26. The molecule has 0 saturated heterocycles. The second-order valence-corrected chi connectivity index (χ2v) is 6.63. The van der Waals surface area contributed by atoms with E-state index in [-0.39, 0.29) is 11.9 Å². The van der Waals surface area contributed by atoms with Crippen molar-refractivity contribution in [2.75, 3.05) is 12.4 Å². The smallest absolute Gasteiger partial charge is 0.255 e. The lowest BCUT2D eigenvalue weighted by molar-refractivity contribution is 0.0761. The fourth-order valence-electron chi connectivity index (χ4n) is 3.90. The summed E-state index contributed by atoms with van der Waals surface area (Å²) in [7, 11) is 2.08. The number of carbonyl (C=O) groups is 1. The molecule has 0 saturated carbocycles. The third-order valence-electron chi connectivity index (χ3n) is 5.11. The minimum absolute atomic E-state index is 0.0708. The molecular weight excluding hydrogens is 320 g/mol. The molecular formula is C20H19ClN2O. The maximum Gasteiger partial charge on any atom is 0.255 e. The molecule has 2 heterocycles. The number of alkyl halides is 1. The Bertz CT molecular complexity index is 944. The van der Waals surface area contributed by atoms with Gasteiger partial charge in [0, 0.05) is 47.2 Å². The van der Waals surface area contributed by atoms with Gasteiger partial charge >= 0.3 is 0 Å². The van der Waals surface area contributed by atoms with Crippen molar-refractivity contribution in [3.8, 4) is 0 Å². The first-order valence-corrected chi connectivity index (χ1v) is 8.68. The topological polar surface area (TPSA) is 25.2 Å². The molecule has 0 unspecified atom stereocenters. The van der Waals surface area contributed by atoms with Crippen molar-refractivity contribution >= 4 is 28.4 Å². The molecule has 0 bridgehead atoms. The normalized spacial score (nSPS) is 16.9. The Morgan fingerprint density at radius 1 is 1.08 bits per heavy atom. The summed E-state index contributed by atoms with van der Waals surface area (Å²) >= 11 is 6.01. The molecule has 1 amide bonds. The summed E-state index contributed by atoms with van der Waals surface area (Å²) in [5, 5.41) is 1.20. The van der Waals surface area contributed by atoms with Gasteiger partial charge in [0.2, 0.25) is 0 Å². The van der Waals surface area contributed by atoms with Gasteiger partial charge in [0.25, 0.3) is 5.91 Å². The maximum atomic E-state index is 12.9. The average Bonchev–Trinajstić information content (AvgIpc) is 3.02. The molecule has 3 nitrogen and oxygen atoms in total. The molecule has 3 aromatic rings. The van der Waals surface area contributed by atoms with Gasteiger partial charge < -0.3 is 9.47 Å². The SMILES string of the molecule is Cc1c([C@@H]2c3ccccc3C(=O)N2CCCl)c2ccccc2n1C. The maximum absolute atomic E-state index is 12.9. The summed E-state index contributed by atoms with van der Waals surface area (Å²) < 4.78 is 2.20. The molecule has 4 rings (SSSR count). The van der Waals surface area contributed by atoms with Gasteiger partial charge in [-0.15, -0.1) is 11.6 Å². The molecule has 0 spiro atoms. The van der Waals surface area contributed by atoms with Crippen LogP contribution in [0.1, 0.15) is 33.2 Å². The number of aromatic nitrogens is 1. The summed E-state index contributed by atoms with van der Waals surface area (Å²) in [6.07, 6.45) is 0. The predicted octanol–water partition coefficient (Wildman–Crippen LogP) is 4.27. The van der Waals surface area contributed by atoms with Crippen LogP contribution in [0.4, 0.5) is 0 Å². The summed E-state index contributed by atoms with van der Waals surface area (Å²) in [5.74, 6) is 0.503. The number of rotatable bonds is 3. The van der Waals surface area contributed by atoms with Crippen molar-refractivity contribution in [2.45, 2.75) is 13.0 Å². The molecule has 122 valence electrons. The first kappa shape index (κ1) is 15.3. The van der Waals surface area contributed by atoms with Gasteiger partial charge in [-0.3, -0.25) is 4.79 Å². The second kappa shape index (κ2) is 5.67. The number of carbonyl (C=O) groups excluding carboxylic acids is 1. The van der Waals surface area contributed by atoms with Crippen LogP contribution in [0.15, 0.2) is 48.5 Å². The minimum Gasteiger partial charge on any atom is -0.348 e. The molecule has 24 heavy (non-hydrogen) atoms. The molecule has 1 aliphatic rings. The van der Waals surface area contributed by atoms with Gasteiger partial charge in [0.1, 0.15) is 0 Å². The first-order valence-electron chi connectivity index (χ1n) is 8.15. The zero-order chi connectivity index (χ0) is 16.8. The quantitative estimate of drug-likeness (QED) is 0.655. The molecule has 0 N–H and O–H groups in total. The van der Waals surface area contributed by atoms with Crippen molar-refractivity contribution in [2.24, 2.45) is 7.05 Å². The third kappa shape index (κ3) is 2.01. The number of halogens is 1. The average molecular weight is 339 g/mol. The zero-order valence-electron chi connectivity index (χ0n) is 13.8. The predicted molar refractivity (Wildman–Crippen MR) is 97.7 cm³/mol. The lowest BCUT2D eigenvalue weighted by Gasteiger charge is -2.25. The van der Waals surface area contributed by atoms with Crippen LogP contribution in [0.3, 0.4) is 0 Å². The summed E-state index contributed by atoms with van der Waals surface area (Å²) in [5.41, 5.74) is 5.45. The van der Waals surface area contributed by atoms with Gasteiger partial charge in [0.15, 0.2) is 0 Å². The van der Waals surface area contributed by atoms with Crippen LogP contribution < -0.4 is 0 Å². The molecule has 4 heteroatoms. The van der Waals surface area contributed by atoms with E-state index < -0.39 is 0 Å². The Kier molecular flexibility index (Phi) is 3.61. The monoisotopic (exact) mass is 338 g/mol. The second-order valence-electron chi connectivity index (χ2n) is 6.25. The van der Waals surface area contributed by atoms with Crippen molar-refractivity contribution in [3.05, 3.63) is 70.9 Å². The Morgan fingerprint density at radius 2 is 1.79 bits per heavy atom. The number of fused-ring (bicyclic) bond motifs is 2. The first-order chi connectivity index (χ1) is 11.6. The largest absolute Gasteiger partial charge is 0.348 e. The number of aryl methyl sites for hydroxylation is 1. The van der Waals surface area contributed by atoms with E-state index in [4.69, 9.17) is 11.6 Å². The summed E-state index contributed by atoms with van der Waals surface area (Å²) in [6.45, 7) is 2.67. The Morgan fingerprint density at radius 3 is 2.58 bits per heavy atom. The van der Waals surface area contributed by atoms with E-state index in [9.17, 15) is 4.79 Å². The van der Waals surface area contributed by atoms with Gasteiger partial charge in [-0.05, 0) is 24.6 Å². The highest BCUT2D eigenvalue weighted by Gasteiger charge is 2.39. The van der Waals surface area contributed by atoms with Gasteiger partial charge in [-0.1, -0.05) is 36.4 Å². The van der Waals surface area contributed by atoms with Crippen LogP contribution in [0.25, 0.3) is 10.9 Å². The van der Waals surface area contributed by atoms with Crippen LogP contribution in [-0.2, 0) is 7.05 Å². The summed E-state index contributed by atoms with van der Waals surface area (Å²) in [6, 6.07) is 16.2. The number of hydrogen-bond acceptors (Lipinski definition) is 1. The minimum atomic E-state index is -0.0708. The molecule has 0 fully saturated rings. The van der Waals surface area contributed by atoms with Crippen LogP contribution in [0.2, 0.25) is 0 Å². The van der Waals surface area contributed by atoms with Gasteiger partial charge in [-0.2, -0.15) is 0 Å². The lowest BCUT2D eigenvalue weighted by atomic mass is 9.95. The van der Waals surface area contributed by atoms with E-state index in [2.05, 4.69) is 48.9 Å². The van der Waals surface area contributed by atoms with Crippen molar-refractivity contribution in [3.63, 3.8) is 0 Å². The highest BCUT2D eigenvalue weighted by molar-refractivity contribution is 6.18. The van der Waals surface area contributed by atoms with E-state index in [1.807, 2.05) is 23.1 Å². The third-order valence-corrected chi connectivity index (χ3v) is 5.27. The van der Waals surface area contributed by atoms with Crippen LogP contribution in [-0.4, -0.2) is 27.8 Å². The van der Waals surface area contributed by atoms with Crippen molar-refractivity contribution < 1.29 is 4.79 Å². The molecule has 0 aliphatic carbocycles. The lowest BCUT2D eigenvalue weighted by Crippen LogP contribution is -2.30. The fourth-order valence-corrected chi connectivity index (χ4v) is 4.08. The van der Waals surface area contributed by atoms with Gasteiger partial charge in [-0.25, -0.2) is 0 Å². The van der Waals surface area contributed by atoms with E-state index in [1.54, 1.807) is 0 Å². The van der Waals surface area contributed by atoms with Crippen molar-refractivity contribution in [1.29, 1.82) is 0 Å². The Labute approximate surface area is 146 Å². The van der Waals surface area contributed by atoms with Gasteiger partial charge in [0.05, 0.1) is 6.04 Å². The molecule has 1 atom stereocenters. The molecule has 1 aliphatic heterocycles. The molecule has 2 aromatic carbocycles. The summed E-state index contributed by atoms with van der Waals surface area (Å²) in [4.78, 5) is 14.8. The fraction of sp³-hybridized carbons (Fsp3) is 0.250. The zero-order valence-corrected chi connectivity index (χ0v) is 14.5. The number of amides is 1. The molecule has 0 radical (unpaired) electrons. The number of para-hydroxylation sites is 1. The van der Waals surface area contributed by atoms with Crippen LogP contribution in [0.5, 0.6) is 0 Å². The van der Waals surface area contributed by atoms with E-state index in [0.29, 0.717) is 12.4 Å². The molecule has 1 aromatic heterocycles. The standard InChI is InChI=1S/C20H19ClN2O/c1-13-18(16-9-5-6-10-17(16)22(13)2)19-14-7-3-4-8-15(14)20(24)23(19)12-11-21/h3-10,19H,11-12H2,1-2H3/t19-/m0/s1.